The molecule has 0 spiro atoms. The summed E-state index contributed by atoms with van der Waals surface area (Å²) in [5.74, 6) is -0.829. The smallest absolute Gasteiger partial charge is 0.246 e. The second kappa shape index (κ2) is 5.74. The molecule has 1 aromatic rings. The van der Waals surface area contributed by atoms with E-state index >= 15 is 0 Å². The van der Waals surface area contributed by atoms with Gasteiger partial charge in [0.2, 0.25) is 5.91 Å². The normalized spacial score (nSPS) is 31.5. The lowest BCUT2D eigenvalue weighted by molar-refractivity contribution is -0.116. The molecule has 4 nitrogen and oxygen atoms in total. The molecule has 1 N–H and O–H groups in total. The number of para-hydroxylation sites is 1. The standard InChI is InChI=1S/C19H21NO3S/c1-3-15-14-19(15,17(21)20-16-10-6-4-7-11-16)24(22,23)18(2)12-8-5-9-13-18/h3-12,15H,1,13-14H2,2H3,(H,20,21). The van der Waals surface area contributed by atoms with Crippen molar-refractivity contribution in [1.82, 2.24) is 0 Å². The maximum Gasteiger partial charge on any atom is 0.246 e. The lowest BCUT2D eigenvalue weighted by atomic mass is 10.0. The molecule has 3 rings (SSSR count). The summed E-state index contributed by atoms with van der Waals surface area (Å²) in [5.41, 5.74) is 0.594. The largest absolute Gasteiger partial charge is 0.325 e. The van der Waals surface area contributed by atoms with Crippen LogP contribution in [0.4, 0.5) is 5.69 Å². The van der Waals surface area contributed by atoms with Crippen LogP contribution in [0.1, 0.15) is 19.8 Å². The number of amides is 1. The highest BCUT2D eigenvalue weighted by Gasteiger charge is 2.71. The molecule has 0 heterocycles. The van der Waals surface area contributed by atoms with Gasteiger partial charge in [-0.3, -0.25) is 4.79 Å². The molecule has 3 atom stereocenters. The Hall–Kier alpha value is -2.14. The van der Waals surface area contributed by atoms with Crippen LogP contribution in [0.5, 0.6) is 0 Å². The molecule has 0 radical (unpaired) electrons. The summed E-state index contributed by atoms with van der Waals surface area (Å²) in [4.78, 5) is 12.9. The number of hydrogen-bond donors (Lipinski definition) is 1. The van der Waals surface area contributed by atoms with E-state index in [9.17, 15) is 13.2 Å². The zero-order chi connectivity index (χ0) is 17.4. The lowest BCUT2D eigenvalue weighted by Crippen LogP contribution is -2.49. The molecule has 0 aliphatic heterocycles. The van der Waals surface area contributed by atoms with E-state index < -0.39 is 25.2 Å². The van der Waals surface area contributed by atoms with Gasteiger partial charge in [0.1, 0.15) is 0 Å². The van der Waals surface area contributed by atoms with E-state index in [0.29, 0.717) is 12.1 Å². The Labute approximate surface area is 142 Å². The quantitative estimate of drug-likeness (QED) is 0.835. The van der Waals surface area contributed by atoms with Crippen molar-refractivity contribution in [3.63, 3.8) is 0 Å². The summed E-state index contributed by atoms with van der Waals surface area (Å²) >= 11 is 0. The summed E-state index contributed by atoms with van der Waals surface area (Å²) in [7, 11) is -3.75. The minimum absolute atomic E-state index is 0.282. The predicted octanol–water partition coefficient (Wildman–Crippen LogP) is 3.26. The van der Waals surface area contributed by atoms with Gasteiger partial charge in [0.05, 0.1) is 4.75 Å². The fraction of sp³-hybridized carbons (Fsp3) is 0.316. The number of anilines is 1. The zero-order valence-corrected chi connectivity index (χ0v) is 14.4. The SMILES string of the molecule is C=CC1CC1(C(=O)Nc1ccccc1)S(=O)(=O)C1(C)C=CC=CC1. The molecule has 2 aliphatic carbocycles. The van der Waals surface area contributed by atoms with Crippen molar-refractivity contribution in [3.05, 3.63) is 67.3 Å². The Morgan fingerprint density at radius 1 is 1.29 bits per heavy atom. The van der Waals surface area contributed by atoms with Gasteiger partial charge >= 0.3 is 0 Å². The van der Waals surface area contributed by atoms with Crippen LogP contribution in [0.25, 0.3) is 0 Å². The van der Waals surface area contributed by atoms with E-state index in [1.54, 1.807) is 49.4 Å². The molecule has 0 saturated heterocycles. The highest BCUT2D eigenvalue weighted by atomic mass is 32.2. The Morgan fingerprint density at radius 2 is 2.00 bits per heavy atom. The molecule has 1 amide bonds. The number of benzene rings is 1. The molecular formula is C19H21NO3S. The summed E-state index contributed by atoms with van der Waals surface area (Å²) in [6, 6.07) is 8.92. The Bertz CT molecular complexity index is 825. The third-order valence-corrected chi connectivity index (χ3v) is 8.12. The molecule has 0 bridgehead atoms. The highest BCUT2D eigenvalue weighted by Crippen LogP contribution is 2.56. The number of carbonyl (C=O) groups is 1. The lowest BCUT2D eigenvalue weighted by Gasteiger charge is -2.31. The number of sulfone groups is 1. The van der Waals surface area contributed by atoms with Gasteiger partial charge in [-0.1, -0.05) is 48.6 Å². The molecular weight excluding hydrogens is 322 g/mol. The second-order valence-corrected chi connectivity index (χ2v) is 9.23. The van der Waals surface area contributed by atoms with Gasteiger partial charge in [-0.25, -0.2) is 8.42 Å². The Kier molecular flexibility index (Phi) is 4.00. The highest BCUT2D eigenvalue weighted by molar-refractivity contribution is 7.95. The number of allylic oxidation sites excluding steroid dienone is 4. The first kappa shape index (κ1) is 16.7. The summed E-state index contributed by atoms with van der Waals surface area (Å²) in [5, 5.41) is 2.76. The van der Waals surface area contributed by atoms with Gasteiger partial charge in [-0.15, -0.1) is 6.58 Å². The van der Waals surface area contributed by atoms with Crippen molar-refractivity contribution in [1.29, 1.82) is 0 Å². The van der Waals surface area contributed by atoms with Crippen molar-refractivity contribution in [3.8, 4) is 0 Å². The first-order valence-corrected chi connectivity index (χ1v) is 9.43. The van der Waals surface area contributed by atoms with E-state index in [2.05, 4.69) is 11.9 Å². The average Bonchev–Trinajstić information content (AvgIpc) is 3.33. The van der Waals surface area contributed by atoms with Gasteiger partial charge in [-0.05, 0) is 31.9 Å². The zero-order valence-electron chi connectivity index (χ0n) is 13.6. The van der Waals surface area contributed by atoms with Crippen LogP contribution in [0.3, 0.4) is 0 Å². The molecule has 1 aromatic carbocycles. The summed E-state index contributed by atoms with van der Waals surface area (Å²) in [6.45, 7) is 5.39. The van der Waals surface area contributed by atoms with Crippen LogP contribution in [-0.2, 0) is 14.6 Å². The van der Waals surface area contributed by atoms with Gasteiger partial charge in [0.25, 0.3) is 0 Å². The number of carbonyl (C=O) groups excluding carboxylic acids is 1. The Balaban J connectivity index is 1.97. The van der Waals surface area contributed by atoms with E-state index in [1.165, 1.54) is 0 Å². The maximum atomic E-state index is 13.4. The molecule has 2 aliphatic rings. The topological polar surface area (TPSA) is 63.2 Å². The van der Waals surface area contributed by atoms with Crippen LogP contribution in [0, 0.1) is 5.92 Å². The molecule has 1 fully saturated rings. The maximum absolute atomic E-state index is 13.4. The third kappa shape index (κ3) is 2.35. The van der Waals surface area contributed by atoms with Gasteiger partial charge in [0, 0.05) is 11.6 Å². The van der Waals surface area contributed by atoms with Gasteiger partial charge in [-0.2, -0.15) is 0 Å². The number of nitrogens with one attached hydrogen (secondary N) is 1. The second-order valence-electron chi connectivity index (χ2n) is 6.56. The molecule has 3 unspecified atom stereocenters. The third-order valence-electron chi connectivity index (χ3n) is 4.98. The first-order valence-electron chi connectivity index (χ1n) is 7.95. The fourth-order valence-electron chi connectivity index (χ4n) is 3.32. The van der Waals surface area contributed by atoms with Crippen molar-refractivity contribution >= 4 is 21.4 Å². The predicted molar refractivity (Wildman–Crippen MR) is 96.3 cm³/mol. The molecule has 5 heteroatoms. The molecule has 24 heavy (non-hydrogen) atoms. The first-order chi connectivity index (χ1) is 11.4. The van der Waals surface area contributed by atoms with Crippen molar-refractivity contribution in [2.75, 3.05) is 5.32 Å². The number of rotatable bonds is 5. The fourth-order valence-corrected chi connectivity index (χ4v) is 5.91. The van der Waals surface area contributed by atoms with E-state index in [4.69, 9.17) is 0 Å². The number of hydrogen-bond acceptors (Lipinski definition) is 3. The van der Waals surface area contributed by atoms with Crippen molar-refractivity contribution in [2.45, 2.75) is 29.3 Å². The Morgan fingerprint density at radius 3 is 2.54 bits per heavy atom. The molecule has 0 aromatic heterocycles. The van der Waals surface area contributed by atoms with Gasteiger partial charge < -0.3 is 5.32 Å². The van der Waals surface area contributed by atoms with Crippen LogP contribution >= 0.6 is 0 Å². The summed E-state index contributed by atoms with van der Waals surface area (Å²) in [6.07, 6.45) is 9.29. The minimum Gasteiger partial charge on any atom is -0.325 e. The molecule has 126 valence electrons. The van der Waals surface area contributed by atoms with E-state index in [-0.39, 0.29) is 12.3 Å². The van der Waals surface area contributed by atoms with E-state index in [0.717, 1.165) is 0 Å². The minimum atomic E-state index is -3.75. The average molecular weight is 343 g/mol. The monoisotopic (exact) mass is 343 g/mol. The van der Waals surface area contributed by atoms with Crippen LogP contribution < -0.4 is 5.32 Å². The molecule has 1 saturated carbocycles. The van der Waals surface area contributed by atoms with Crippen molar-refractivity contribution < 1.29 is 13.2 Å². The van der Waals surface area contributed by atoms with Crippen LogP contribution in [0.2, 0.25) is 0 Å². The summed E-state index contributed by atoms with van der Waals surface area (Å²) < 4.78 is 24.3. The van der Waals surface area contributed by atoms with Gasteiger partial charge in [0.15, 0.2) is 14.6 Å². The van der Waals surface area contributed by atoms with Crippen molar-refractivity contribution in [2.24, 2.45) is 5.92 Å². The van der Waals surface area contributed by atoms with E-state index in [1.807, 2.05) is 18.2 Å². The van der Waals surface area contributed by atoms with Crippen LogP contribution in [-0.4, -0.2) is 23.8 Å². The van der Waals surface area contributed by atoms with Crippen LogP contribution in [0.15, 0.2) is 67.3 Å².